The Morgan fingerprint density at radius 3 is 2.00 bits per heavy atom. The molecule has 0 aliphatic rings. The van der Waals surface area contributed by atoms with Gasteiger partial charge in [-0.3, -0.25) is 4.99 Å². The SMILES string of the molecule is C=NC(=NCc1ccccc1)c1ccc(-c2cccc(-n3c4ccccc4c4cc(-c5ccc6oc7ccccc7c6c5)ccc43)c2)cc1. The van der Waals surface area contributed by atoms with Gasteiger partial charge in [-0.2, -0.15) is 0 Å². The normalized spacial score (nSPS) is 12.0. The van der Waals surface area contributed by atoms with E-state index in [1.165, 1.54) is 32.9 Å². The highest BCUT2D eigenvalue weighted by Crippen LogP contribution is 2.37. The molecule has 4 nitrogen and oxygen atoms in total. The van der Waals surface area contributed by atoms with E-state index in [0.717, 1.165) is 49.9 Å². The summed E-state index contributed by atoms with van der Waals surface area (Å²) in [5, 5.41) is 4.72. The van der Waals surface area contributed by atoms with E-state index < -0.39 is 0 Å². The number of aliphatic imine (C=N–C) groups is 2. The van der Waals surface area contributed by atoms with Crippen LogP contribution in [-0.2, 0) is 6.54 Å². The van der Waals surface area contributed by atoms with Gasteiger partial charge in [0.25, 0.3) is 0 Å². The molecule has 0 aliphatic heterocycles. The molecule has 0 unspecified atom stereocenters. The molecular weight excluding hydrogens is 599 g/mol. The summed E-state index contributed by atoms with van der Waals surface area (Å²) >= 11 is 0. The van der Waals surface area contributed by atoms with Crippen LogP contribution in [0.1, 0.15) is 11.1 Å². The van der Waals surface area contributed by atoms with Crippen molar-refractivity contribution in [1.82, 2.24) is 4.57 Å². The van der Waals surface area contributed by atoms with Gasteiger partial charge in [0.1, 0.15) is 11.2 Å². The summed E-state index contributed by atoms with van der Waals surface area (Å²) in [6.07, 6.45) is 0. The minimum atomic E-state index is 0.566. The minimum absolute atomic E-state index is 0.566. The first kappa shape index (κ1) is 28.7. The fourth-order valence-electron chi connectivity index (χ4n) is 6.95. The van der Waals surface area contributed by atoms with E-state index >= 15 is 0 Å². The summed E-state index contributed by atoms with van der Waals surface area (Å²) in [5.41, 5.74) is 12.0. The third kappa shape index (κ3) is 5.11. The first-order chi connectivity index (χ1) is 24.2. The van der Waals surface area contributed by atoms with Gasteiger partial charge in [-0.05, 0) is 83.1 Å². The Kier molecular flexibility index (Phi) is 6.98. The van der Waals surface area contributed by atoms with Gasteiger partial charge in [0, 0.05) is 32.8 Å². The number of fused-ring (bicyclic) bond motifs is 6. The van der Waals surface area contributed by atoms with Gasteiger partial charge >= 0.3 is 0 Å². The van der Waals surface area contributed by atoms with Crippen molar-refractivity contribution in [2.75, 3.05) is 0 Å². The Balaban J connectivity index is 1.08. The van der Waals surface area contributed by atoms with Crippen LogP contribution in [0.4, 0.5) is 0 Å². The molecule has 4 heteroatoms. The van der Waals surface area contributed by atoms with Gasteiger partial charge in [0.15, 0.2) is 5.84 Å². The van der Waals surface area contributed by atoms with Gasteiger partial charge < -0.3 is 8.98 Å². The van der Waals surface area contributed by atoms with E-state index in [1.807, 2.05) is 30.3 Å². The maximum atomic E-state index is 6.10. The summed E-state index contributed by atoms with van der Waals surface area (Å²) in [6.45, 7) is 4.34. The highest BCUT2D eigenvalue weighted by molar-refractivity contribution is 6.11. The Morgan fingerprint density at radius 1 is 0.510 bits per heavy atom. The highest BCUT2D eigenvalue weighted by atomic mass is 16.3. The fraction of sp³-hybridized carbons (Fsp3) is 0.0222. The molecule has 0 saturated carbocycles. The third-order valence-corrected chi connectivity index (χ3v) is 9.37. The largest absolute Gasteiger partial charge is 0.456 e. The Hall–Kier alpha value is -6.52. The highest BCUT2D eigenvalue weighted by Gasteiger charge is 2.15. The van der Waals surface area contributed by atoms with E-state index in [1.54, 1.807) is 0 Å². The van der Waals surface area contributed by atoms with Gasteiger partial charge in [-0.15, -0.1) is 0 Å². The van der Waals surface area contributed by atoms with Crippen LogP contribution in [0.25, 0.3) is 71.7 Å². The Bertz CT molecular complexity index is 2700. The molecule has 0 fully saturated rings. The number of benzene rings is 7. The first-order valence-electron chi connectivity index (χ1n) is 16.4. The lowest BCUT2D eigenvalue weighted by Crippen LogP contribution is -1.98. The molecule has 0 bridgehead atoms. The maximum Gasteiger partial charge on any atom is 0.154 e. The zero-order chi connectivity index (χ0) is 32.7. The van der Waals surface area contributed by atoms with E-state index in [4.69, 9.17) is 9.41 Å². The zero-order valence-corrected chi connectivity index (χ0v) is 26.8. The fourth-order valence-corrected chi connectivity index (χ4v) is 6.95. The average Bonchev–Trinajstić information content (AvgIpc) is 3.71. The van der Waals surface area contributed by atoms with Crippen molar-refractivity contribution in [3.05, 3.63) is 175 Å². The lowest BCUT2D eigenvalue weighted by atomic mass is 10.0. The lowest BCUT2D eigenvalue weighted by molar-refractivity contribution is 0.669. The number of amidine groups is 1. The monoisotopic (exact) mass is 629 g/mol. The Morgan fingerprint density at radius 2 is 1.16 bits per heavy atom. The topological polar surface area (TPSA) is 42.8 Å². The van der Waals surface area contributed by atoms with Crippen LogP contribution in [0.5, 0.6) is 0 Å². The molecule has 0 saturated heterocycles. The van der Waals surface area contributed by atoms with Crippen LogP contribution in [0.2, 0.25) is 0 Å². The van der Waals surface area contributed by atoms with Crippen molar-refractivity contribution in [3.63, 3.8) is 0 Å². The van der Waals surface area contributed by atoms with E-state index in [9.17, 15) is 0 Å². The number of aromatic nitrogens is 1. The van der Waals surface area contributed by atoms with Crippen molar-refractivity contribution in [3.8, 4) is 27.9 Å². The van der Waals surface area contributed by atoms with E-state index in [2.05, 4.69) is 150 Å². The van der Waals surface area contributed by atoms with Crippen molar-refractivity contribution in [2.45, 2.75) is 6.54 Å². The number of para-hydroxylation sites is 2. The van der Waals surface area contributed by atoms with Gasteiger partial charge in [-0.1, -0.05) is 115 Å². The van der Waals surface area contributed by atoms with Crippen LogP contribution in [0.3, 0.4) is 0 Å². The smallest absolute Gasteiger partial charge is 0.154 e. The molecule has 9 aromatic rings. The van der Waals surface area contributed by atoms with Crippen LogP contribution < -0.4 is 0 Å². The van der Waals surface area contributed by atoms with Crippen LogP contribution in [0.15, 0.2) is 178 Å². The number of hydrogen-bond donors (Lipinski definition) is 0. The number of furan rings is 1. The van der Waals surface area contributed by atoms with Crippen molar-refractivity contribution in [1.29, 1.82) is 0 Å². The standard InChI is InChI=1S/C45H31N3O/c1-46-45(47-29-30-10-3-2-4-11-30)32-20-18-31(19-21-32)33-12-9-13-36(26-33)48-41-16-7-5-14-37(41)39-27-34(22-24-42(39)48)35-23-25-44-40(28-35)38-15-6-8-17-43(38)49-44/h2-28H,1,29H2. The molecule has 7 aromatic carbocycles. The summed E-state index contributed by atoms with van der Waals surface area (Å²) < 4.78 is 8.47. The predicted molar refractivity (Wildman–Crippen MR) is 205 cm³/mol. The van der Waals surface area contributed by atoms with E-state index in [-0.39, 0.29) is 0 Å². The molecule has 2 heterocycles. The van der Waals surface area contributed by atoms with Crippen LogP contribution in [-0.4, -0.2) is 17.1 Å². The molecule has 232 valence electrons. The second-order valence-corrected chi connectivity index (χ2v) is 12.3. The average molecular weight is 630 g/mol. The molecule has 0 atom stereocenters. The molecule has 0 aliphatic carbocycles. The summed E-state index contributed by atoms with van der Waals surface area (Å²) in [4.78, 5) is 8.94. The molecule has 0 radical (unpaired) electrons. The molecule has 0 N–H and O–H groups in total. The minimum Gasteiger partial charge on any atom is -0.456 e. The Labute approximate surface area is 283 Å². The van der Waals surface area contributed by atoms with Crippen LogP contribution in [0, 0.1) is 0 Å². The molecular formula is C45H31N3O. The maximum absolute atomic E-state index is 6.10. The van der Waals surface area contributed by atoms with Crippen molar-refractivity contribution >= 4 is 56.3 Å². The molecule has 9 rings (SSSR count). The molecule has 2 aromatic heterocycles. The third-order valence-electron chi connectivity index (χ3n) is 9.37. The van der Waals surface area contributed by atoms with Gasteiger partial charge in [0.05, 0.1) is 17.6 Å². The van der Waals surface area contributed by atoms with Crippen molar-refractivity contribution in [2.24, 2.45) is 9.98 Å². The molecule has 0 amide bonds. The van der Waals surface area contributed by atoms with Gasteiger partial charge in [-0.25, -0.2) is 4.99 Å². The number of nitrogens with zero attached hydrogens (tertiary/aromatic N) is 3. The predicted octanol–water partition coefficient (Wildman–Crippen LogP) is 11.7. The first-order valence-corrected chi connectivity index (χ1v) is 16.4. The number of rotatable bonds is 6. The zero-order valence-electron chi connectivity index (χ0n) is 26.8. The molecule has 0 spiro atoms. The quantitative estimate of drug-likeness (QED) is 0.133. The second-order valence-electron chi connectivity index (χ2n) is 12.3. The second kappa shape index (κ2) is 11.9. The van der Waals surface area contributed by atoms with Crippen molar-refractivity contribution < 1.29 is 4.42 Å². The molecule has 49 heavy (non-hydrogen) atoms. The lowest BCUT2D eigenvalue weighted by Gasteiger charge is -2.11. The van der Waals surface area contributed by atoms with E-state index in [0.29, 0.717) is 12.4 Å². The van der Waals surface area contributed by atoms with Crippen LogP contribution >= 0.6 is 0 Å². The summed E-state index contributed by atoms with van der Waals surface area (Å²) in [6, 6.07) is 57.6. The summed E-state index contributed by atoms with van der Waals surface area (Å²) in [7, 11) is 0. The number of hydrogen-bond acceptors (Lipinski definition) is 2. The summed E-state index contributed by atoms with van der Waals surface area (Å²) in [5.74, 6) is 0.645. The van der Waals surface area contributed by atoms with Gasteiger partial charge in [0.2, 0.25) is 0 Å².